The van der Waals surface area contributed by atoms with Crippen LogP contribution in [0.5, 0.6) is 5.75 Å². The van der Waals surface area contributed by atoms with E-state index in [2.05, 4.69) is 0 Å². The molecule has 1 aromatic rings. The van der Waals surface area contributed by atoms with E-state index < -0.39 is 10.0 Å². The summed E-state index contributed by atoms with van der Waals surface area (Å²) in [6.07, 6.45) is 3.47. The first-order chi connectivity index (χ1) is 13.3. The molecule has 0 aromatic heterocycles. The lowest BCUT2D eigenvalue weighted by atomic mass is 9.81. The zero-order valence-electron chi connectivity index (χ0n) is 16.7. The highest BCUT2D eigenvalue weighted by molar-refractivity contribution is 7.89. The van der Waals surface area contributed by atoms with Crippen LogP contribution in [0.3, 0.4) is 0 Å². The Morgan fingerprint density at radius 3 is 2.14 bits per heavy atom. The van der Waals surface area contributed by atoms with Crippen LogP contribution in [-0.4, -0.2) is 49.6 Å². The molecule has 0 N–H and O–H groups in total. The van der Waals surface area contributed by atoms with Gasteiger partial charge < -0.3 is 4.74 Å². The number of methoxy groups -OCH3 is 1. The van der Waals surface area contributed by atoms with Gasteiger partial charge in [-0.3, -0.25) is 14.5 Å². The van der Waals surface area contributed by atoms with Crippen LogP contribution in [-0.2, 0) is 26.2 Å². The van der Waals surface area contributed by atoms with Crippen molar-refractivity contribution in [2.75, 3.05) is 20.2 Å². The molecule has 2 aliphatic rings. The van der Waals surface area contributed by atoms with Gasteiger partial charge in [0.05, 0.1) is 25.5 Å². The Kier molecular flexibility index (Phi) is 6.09. The molecule has 1 heterocycles. The van der Waals surface area contributed by atoms with Crippen molar-refractivity contribution in [3.8, 4) is 5.75 Å². The van der Waals surface area contributed by atoms with Gasteiger partial charge in [-0.2, -0.15) is 4.31 Å². The average molecular weight is 409 g/mol. The topological polar surface area (TPSA) is 84.0 Å². The molecule has 1 saturated carbocycles. The fourth-order valence-electron chi connectivity index (χ4n) is 4.29. The number of fused-ring (bicyclic) bond motifs is 1. The Hall–Kier alpha value is -1.93. The van der Waals surface area contributed by atoms with Crippen molar-refractivity contribution >= 4 is 21.8 Å². The van der Waals surface area contributed by atoms with Crippen molar-refractivity contribution < 1.29 is 22.7 Å². The second kappa shape index (κ2) is 8.21. The Bertz CT molecular complexity index is 839. The lowest BCUT2D eigenvalue weighted by Gasteiger charge is -2.21. The first-order valence-corrected chi connectivity index (χ1v) is 11.3. The minimum Gasteiger partial charge on any atom is -0.495 e. The summed E-state index contributed by atoms with van der Waals surface area (Å²) in [6.45, 7) is 4.34. The third-order valence-corrected chi connectivity index (χ3v) is 7.90. The highest BCUT2D eigenvalue weighted by Crippen LogP contribution is 2.39. The van der Waals surface area contributed by atoms with Crippen molar-refractivity contribution in [3.63, 3.8) is 0 Å². The molecule has 7 nitrogen and oxygen atoms in total. The zero-order valence-corrected chi connectivity index (χ0v) is 17.5. The molecule has 3 rings (SSSR count). The fourth-order valence-corrected chi connectivity index (χ4v) is 5.96. The molecule has 2 unspecified atom stereocenters. The second-order valence-corrected chi connectivity index (χ2v) is 9.24. The molecule has 1 aliphatic heterocycles. The molecule has 1 saturated heterocycles. The number of hydrogen-bond donors (Lipinski definition) is 0. The molecule has 154 valence electrons. The third kappa shape index (κ3) is 3.55. The van der Waals surface area contributed by atoms with Gasteiger partial charge in [0.15, 0.2) is 0 Å². The summed E-state index contributed by atoms with van der Waals surface area (Å²) in [4.78, 5) is 26.8. The summed E-state index contributed by atoms with van der Waals surface area (Å²) in [6, 6.07) is 4.82. The molecule has 0 bridgehead atoms. The lowest BCUT2D eigenvalue weighted by Crippen LogP contribution is -2.32. The van der Waals surface area contributed by atoms with Gasteiger partial charge in [-0.1, -0.05) is 32.8 Å². The molecular weight excluding hydrogens is 380 g/mol. The van der Waals surface area contributed by atoms with Crippen molar-refractivity contribution in [3.05, 3.63) is 23.8 Å². The van der Waals surface area contributed by atoms with Gasteiger partial charge in [-0.15, -0.1) is 0 Å². The first-order valence-electron chi connectivity index (χ1n) is 9.87. The zero-order chi connectivity index (χ0) is 20.5. The number of imide groups is 1. The maximum absolute atomic E-state index is 13.0. The van der Waals surface area contributed by atoms with E-state index >= 15 is 0 Å². The van der Waals surface area contributed by atoms with Crippen LogP contribution in [0.2, 0.25) is 0 Å². The van der Waals surface area contributed by atoms with Crippen LogP contribution in [0.25, 0.3) is 0 Å². The molecule has 0 radical (unpaired) electrons. The summed E-state index contributed by atoms with van der Waals surface area (Å²) in [7, 11) is -2.30. The van der Waals surface area contributed by atoms with E-state index in [9.17, 15) is 18.0 Å². The number of sulfonamides is 1. The van der Waals surface area contributed by atoms with Crippen LogP contribution in [0.15, 0.2) is 23.1 Å². The van der Waals surface area contributed by atoms with E-state index in [1.165, 1.54) is 22.4 Å². The van der Waals surface area contributed by atoms with Crippen molar-refractivity contribution in [1.29, 1.82) is 0 Å². The summed E-state index contributed by atoms with van der Waals surface area (Å²) in [5.41, 5.74) is 0.604. The molecule has 2 fully saturated rings. The largest absolute Gasteiger partial charge is 0.495 e. The van der Waals surface area contributed by atoms with Gasteiger partial charge in [0.25, 0.3) is 0 Å². The molecule has 0 spiro atoms. The van der Waals surface area contributed by atoms with Gasteiger partial charge >= 0.3 is 0 Å². The van der Waals surface area contributed by atoms with Gasteiger partial charge in [-0.25, -0.2) is 8.42 Å². The van der Waals surface area contributed by atoms with Crippen LogP contribution in [0.4, 0.5) is 0 Å². The maximum atomic E-state index is 13.0. The van der Waals surface area contributed by atoms with E-state index in [0.717, 1.165) is 25.7 Å². The lowest BCUT2D eigenvalue weighted by molar-refractivity contribution is -0.140. The second-order valence-electron chi connectivity index (χ2n) is 7.33. The van der Waals surface area contributed by atoms with E-state index in [4.69, 9.17) is 4.74 Å². The molecule has 28 heavy (non-hydrogen) atoms. The van der Waals surface area contributed by atoms with Crippen molar-refractivity contribution in [2.24, 2.45) is 11.8 Å². The van der Waals surface area contributed by atoms with Crippen LogP contribution >= 0.6 is 0 Å². The number of hydrogen-bond acceptors (Lipinski definition) is 5. The smallest absolute Gasteiger partial charge is 0.246 e. The summed E-state index contributed by atoms with van der Waals surface area (Å²) >= 11 is 0. The van der Waals surface area contributed by atoms with Gasteiger partial charge in [0, 0.05) is 13.1 Å². The fraction of sp³-hybridized carbons (Fsp3) is 0.600. The highest BCUT2D eigenvalue weighted by Gasteiger charge is 2.47. The summed E-state index contributed by atoms with van der Waals surface area (Å²) in [5.74, 6) is -0.419. The first kappa shape index (κ1) is 20.8. The summed E-state index contributed by atoms with van der Waals surface area (Å²) < 4.78 is 32.6. The molecule has 2 amide bonds. The normalized spacial score (nSPS) is 22.6. The van der Waals surface area contributed by atoms with Gasteiger partial charge in [-0.05, 0) is 30.5 Å². The maximum Gasteiger partial charge on any atom is 0.246 e. The van der Waals surface area contributed by atoms with Crippen molar-refractivity contribution in [2.45, 2.75) is 51.0 Å². The number of amides is 2. The number of benzene rings is 1. The number of nitrogens with zero attached hydrogens (tertiary/aromatic N) is 2. The van der Waals surface area contributed by atoms with Crippen LogP contribution in [0.1, 0.15) is 45.1 Å². The summed E-state index contributed by atoms with van der Waals surface area (Å²) in [5, 5.41) is 0. The minimum absolute atomic E-state index is 0.0627. The predicted octanol–water partition coefficient (Wildman–Crippen LogP) is 2.40. The molecular formula is C20H28N2O5S. The van der Waals surface area contributed by atoms with Gasteiger partial charge in [0.2, 0.25) is 21.8 Å². The van der Waals surface area contributed by atoms with Crippen LogP contribution < -0.4 is 4.74 Å². The predicted molar refractivity (Wildman–Crippen MR) is 104 cm³/mol. The quantitative estimate of drug-likeness (QED) is 0.647. The van der Waals surface area contributed by atoms with Crippen LogP contribution in [0, 0.1) is 11.8 Å². The van der Waals surface area contributed by atoms with E-state index in [-0.39, 0.29) is 40.8 Å². The van der Waals surface area contributed by atoms with Crippen molar-refractivity contribution in [1.82, 2.24) is 9.21 Å². The molecule has 2 atom stereocenters. The average Bonchev–Trinajstić information content (AvgIpc) is 2.94. The Balaban J connectivity index is 1.92. The Morgan fingerprint density at radius 1 is 1.07 bits per heavy atom. The van der Waals surface area contributed by atoms with Gasteiger partial charge in [0.1, 0.15) is 10.6 Å². The number of carbonyl (C=O) groups excluding carboxylic acids is 2. The molecule has 8 heteroatoms. The number of rotatable bonds is 7. The number of carbonyl (C=O) groups is 2. The van der Waals surface area contributed by atoms with E-state index in [1.807, 2.05) is 0 Å². The number of likely N-dealkylation sites (tertiary alicyclic amines) is 1. The molecule has 1 aromatic carbocycles. The Morgan fingerprint density at radius 2 is 1.64 bits per heavy atom. The Labute approximate surface area is 166 Å². The third-order valence-electron chi connectivity index (χ3n) is 5.82. The van der Waals surface area contributed by atoms with E-state index in [0.29, 0.717) is 18.7 Å². The molecule has 1 aliphatic carbocycles. The monoisotopic (exact) mass is 408 g/mol. The highest BCUT2D eigenvalue weighted by atomic mass is 32.2. The van der Waals surface area contributed by atoms with E-state index in [1.54, 1.807) is 26.0 Å². The minimum atomic E-state index is -3.73. The SMILES string of the molecule is CCN(CC)S(=O)(=O)c1cc(CN2C(=O)C3CCCCC3C2=O)ccc1OC. The standard InChI is InChI=1S/C20H28N2O5S/c1-4-21(5-2)28(25,26)18-12-14(10-11-17(18)27-3)13-22-19(23)15-8-6-7-9-16(15)20(22)24/h10-12,15-16H,4-9,13H2,1-3H3. The number of ether oxygens (including phenoxy) is 1.